The zero-order valence-corrected chi connectivity index (χ0v) is 12.1. The Kier molecular flexibility index (Phi) is 5.66. The SMILES string of the molecule is CCC[C@@H](C)NC(=O)CN1C(=O)C(=O)N(CCC)C1=O. The van der Waals surface area contributed by atoms with E-state index in [4.69, 9.17) is 0 Å². The molecule has 0 aromatic carbocycles. The van der Waals surface area contributed by atoms with E-state index in [1.54, 1.807) is 6.92 Å². The van der Waals surface area contributed by atoms with Gasteiger partial charge in [-0.15, -0.1) is 0 Å². The molecule has 1 saturated heterocycles. The average Bonchev–Trinajstić information content (AvgIpc) is 2.57. The molecule has 7 heteroatoms. The second kappa shape index (κ2) is 7.02. The first kappa shape index (κ1) is 16.1. The van der Waals surface area contributed by atoms with Gasteiger partial charge in [-0.3, -0.25) is 19.3 Å². The van der Waals surface area contributed by atoms with Crippen LogP contribution in [-0.4, -0.2) is 52.7 Å². The van der Waals surface area contributed by atoms with Crippen LogP contribution in [0.15, 0.2) is 0 Å². The lowest BCUT2D eigenvalue weighted by molar-refractivity contribution is -0.144. The Morgan fingerprint density at radius 1 is 1.10 bits per heavy atom. The normalized spacial score (nSPS) is 16.9. The summed E-state index contributed by atoms with van der Waals surface area (Å²) >= 11 is 0. The Morgan fingerprint density at radius 3 is 2.25 bits per heavy atom. The Labute approximate surface area is 118 Å². The number of hydrogen-bond donors (Lipinski definition) is 1. The molecule has 0 saturated carbocycles. The van der Waals surface area contributed by atoms with Gasteiger partial charge in [-0.2, -0.15) is 0 Å². The number of amides is 5. The maximum atomic E-state index is 11.9. The van der Waals surface area contributed by atoms with Gasteiger partial charge in [0.25, 0.3) is 0 Å². The Morgan fingerprint density at radius 2 is 1.70 bits per heavy atom. The van der Waals surface area contributed by atoms with Crippen LogP contribution in [0.2, 0.25) is 0 Å². The van der Waals surface area contributed by atoms with Crippen molar-refractivity contribution >= 4 is 23.8 Å². The molecule has 1 fully saturated rings. The quantitative estimate of drug-likeness (QED) is 0.544. The van der Waals surface area contributed by atoms with E-state index in [9.17, 15) is 19.2 Å². The minimum absolute atomic E-state index is 0.0252. The second-order valence-corrected chi connectivity index (χ2v) is 4.89. The Hall–Kier alpha value is -1.92. The van der Waals surface area contributed by atoms with E-state index in [1.807, 2.05) is 13.8 Å². The molecule has 1 heterocycles. The molecule has 5 amide bonds. The standard InChI is InChI=1S/C13H21N3O4/c1-4-6-9(3)14-10(17)8-16-12(19)11(18)15(7-5-2)13(16)20/h9H,4-8H2,1-3H3,(H,14,17)/t9-/m1/s1. The van der Waals surface area contributed by atoms with E-state index in [2.05, 4.69) is 5.32 Å². The molecule has 0 aromatic rings. The summed E-state index contributed by atoms with van der Waals surface area (Å²) in [5.74, 6) is -2.22. The minimum atomic E-state index is -0.929. The van der Waals surface area contributed by atoms with Crippen LogP contribution >= 0.6 is 0 Å². The van der Waals surface area contributed by atoms with Gasteiger partial charge in [0.2, 0.25) is 5.91 Å². The number of imide groups is 2. The van der Waals surface area contributed by atoms with E-state index in [1.165, 1.54) is 0 Å². The van der Waals surface area contributed by atoms with Crippen molar-refractivity contribution in [1.29, 1.82) is 0 Å². The molecule has 0 aliphatic carbocycles. The lowest BCUT2D eigenvalue weighted by Crippen LogP contribution is -2.44. The Balaban J connectivity index is 2.63. The molecule has 1 aliphatic rings. The van der Waals surface area contributed by atoms with E-state index in [-0.39, 0.29) is 12.6 Å². The number of carbonyl (C=O) groups is 4. The molecule has 0 aromatic heterocycles. The molecule has 1 rings (SSSR count). The van der Waals surface area contributed by atoms with Gasteiger partial charge >= 0.3 is 17.8 Å². The summed E-state index contributed by atoms with van der Waals surface area (Å²) in [6.45, 7) is 5.43. The van der Waals surface area contributed by atoms with Crippen molar-refractivity contribution in [3.63, 3.8) is 0 Å². The van der Waals surface area contributed by atoms with E-state index in [0.29, 0.717) is 11.3 Å². The first-order valence-corrected chi connectivity index (χ1v) is 6.89. The van der Waals surface area contributed by atoms with Gasteiger partial charge in [-0.25, -0.2) is 9.69 Å². The minimum Gasteiger partial charge on any atom is -0.352 e. The van der Waals surface area contributed by atoms with Crippen molar-refractivity contribution < 1.29 is 19.2 Å². The zero-order chi connectivity index (χ0) is 15.3. The largest absolute Gasteiger partial charge is 0.352 e. The summed E-state index contributed by atoms with van der Waals surface area (Å²) in [5.41, 5.74) is 0. The number of hydrogen-bond acceptors (Lipinski definition) is 4. The van der Waals surface area contributed by atoms with Gasteiger partial charge in [-0.1, -0.05) is 20.3 Å². The lowest BCUT2D eigenvalue weighted by atomic mass is 10.2. The highest BCUT2D eigenvalue weighted by Crippen LogP contribution is 2.12. The summed E-state index contributed by atoms with van der Waals surface area (Å²) in [5, 5.41) is 2.70. The molecule has 0 bridgehead atoms. The summed E-state index contributed by atoms with van der Waals surface area (Å²) < 4.78 is 0. The van der Waals surface area contributed by atoms with Crippen molar-refractivity contribution in [2.75, 3.05) is 13.1 Å². The molecule has 112 valence electrons. The van der Waals surface area contributed by atoms with Crippen LogP contribution in [-0.2, 0) is 14.4 Å². The fraction of sp³-hybridized carbons (Fsp3) is 0.692. The zero-order valence-electron chi connectivity index (χ0n) is 12.1. The molecule has 7 nitrogen and oxygen atoms in total. The van der Waals surface area contributed by atoms with Gasteiger partial charge < -0.3 is 5.32 Å². The van der Waals surface area contributed by atoms with Gasteiger partial charge in [0.1, 0.15) is 6.54 Å². The fourth-order valence-corrected chi connectivity index (χ4v) is 2.08. The Bertz CT molecular complexity index is 422. The number of rotatable bonds is 7. The van der Waals surface area contributed by atoms with Crippen LogP contribution in [0.1, 0.15) is 40.0 Å². The van der Waals surface area contributed by atoms with Crippen LogP contribution < -0.4 is 5.32 Å². The summed E-state index contributed by atoms with van der Waals surface area (Å²) in [4.78, 5) is 48.5. The molecule has 0 unspecified atom stereocenters. The molecule has 1 aliphatic heterocycles. The molecular weight excluding hydrogens is 262 g/mol. The van der Waals surface area contributed by atoms with Crippen molar-refractivity contribution in [3.8, 4) is 0 Å². The highest BCUT2D eigenvalue weighted by Gasteiger charge is 2.44. The smallest absolute Gasteiger partial charge is 0.334 e. The molecule has 1 N–H and O–H groups in total. The summed E-state index contributed by atoms with van der Waals surface area (Å²) in [6, 6.07) is -0.733. The van der Waals surface area contributed by atoms with Gasteiger partial charge in [0.05, 0.1) is 0 Å². The number of urea groups is 1. The summed E-state index contributed by atoms with van der Waals surface area (Å²) in [7, 11) is 0. The monoisotopic (exact) mass is 283 g/mol. The predicted octanol–water partition coefficient (Wildman–Crippen LogP) is 0.492. The van der Waals surface area contributed by atoms with Crippen LogP contribution in [0.5, 0.6) is 0 Å². The van der Waals surface area contributed by atoms with Gasteiger partial charge in [-0.05, 0) is 19.8 Å². The van der Waals surface area contributed by atoms with Crippen LogP contribution in [0.3, 0.4) is 0 Å². The third kappa shape index (κ3) is 3.55. The second-order valence-electron chi connectivity index (χ2n) is 4.89. The lowest BCUT2D eigenvalue weighted by Gasteiger charge is -2.17. The molecule has 20 heavy (non-hydrogen) atoms. The maximum absolute atomic E-state index is 11.9. The van der Waals surface area contributed by atoms with Crippen molar-refractivity contribution in [2.24, 2.45) is 0 Å². The number of nitrogens with one attached hydrogen (secondary N) is 1. The molecule has 0 radical (unpaired) electrons. The first-order chi connectivity index (χ1) is 9.42. The third-order valence-corrected chi connectivity index (χ3v) is 3.01. The van der Waals surface area contributed by atoms with Crippen molar-refractivity contribution in [1.82, 2.24) is 15.1 Å². The first-order valence-electron chi connectivity index (χ1n) is 6.89. The van der Waals surface area contributed by atoms with Gasteiger partial charge in [0.15, 0.2) is 0 Å². The average molecular weight is 283 g/mol. The number of nitrogens with zero attached hydrogens (tertiary/aromatic N) is 2. The topological polar surface area (TPSA) is 86.8 Å². The molecular formula is C13H21N3O4. The molecule has 0 spiro atoms. The predicted molar refractivity (Wildman–Crippen MR) is 71.6 cm³/mol. The van der Waals surface area contributed by atoms with Crippen molar-refractivity contribution in [3.05, 3.63) is 0 Å². The third-order valence-electron chi connectivity index (χ3n) is 3.01. The van der Waals surface area contributed by atoms with Crippen LogP contribution in [0, 0.1) is 0 Å². The summed E-state index contributed by atoms with van der Waals surface area (Å²) in [6.07, 6.45) is 2.30. The van der Waals surface area contributed by atoms with E-state index in [0.717, 1.165) is 17.7 Å². The highest BCUT2D eigenvalue weighted by molar-refractivity contribution is 6.45. The van der Waals surface area contributed by atoms with E-state index < -0.39 is 30.3 Å². The molecule has 1 atom stereocenters. The van der Waals surface area contributed by atoms with Crippen LogP contribution in [0.25, 0.3) is 0 Å². The number of carbonyl (C=O) groups excluding carboxylic acids is 4. The highest BCUT2D eigenvalue weighted by atomic mass is 16.2. The van der Waals surface area contributed by atoms with Crippen LogP contribution in [0.4, 0.5) is 4.79 Å². The maximum Gasteiger partial charge on any atom is 0.334 e. The fourth-order valence-electron chi connectivity index (χ4n) is 2.08. The van der Waals surface area contributed by atoms with E-state index >= 15 is 0 Å². The van der Waals surface area contributed by atoms with Crippen molar-refractivity contribution in [2.45, 2.75) is 46.1 Å². The van der Waals surface area contributed by atoms with Gasteiger partial charge in [0, 0.05) is 12.6 Å².